The average molecular weight is 392 g/mol. The van der Waals surface area contributed by atoms with Gasteiger partial charge in [0, 0.05) is 13.1 Å². The summed E-state index contributed by atoms with van der Waals surface area (Å²) in [6.07, 6.45) is 2.09. The second kappa shape index (κ2) is 10.6. The quantitative estimate of drug-likeness (QED) is 0.312. The number of hydrogen-bond acceptors (Lipinski definition) is 1. The molecule has 0 spiro atoms. The van der Waals surface area contributed by atoms with E-state index in [1.807, 2.05) is 0 Å². The van der Waals surface area contributed by atoms with Crippen LogP contribution in [0.5, 0.6) is 0 Å². The fraction of sp³-hybridized carbons (Fsp3) is 0.172. The second-order valence-corrected chi connectivity index (χ2v) is 7.73. The van der Waals surface area contributed by atoms with Crippen LogP contribution in [0.15, 0.2) is 121 Å². The maximum absolute atomic E-state index is 2.64. The van der Waals surface area contributed by atoms with Gasteiger partial charge in [-0.15, -0.1) is 0 Å². The molecule has 0 amide bonds. The van der Waals surface area contributed by atoms with Gasteiger partial charge in [0.1, 0.15) is 0 Å². The molecule has 0 aliphatic carbocycles. The van der Waals surface area contributed by atoms with Crippen LogP contribution in [0.3, 0.4) is 0 Å². The fourth-order valence-corrected chi connectivity index (χ4v) is 4.09. The summed E-state index contributed by atoms with van der Waals surface area (Å²) in [6.45, 7) is 2.04. The summed E-state index contributed by atoms with van der Waals surface area (Å²) in [4.78, 5) is 2.64. The molecule has 4 aromatic rings. The first kappa shape index (κ1) is 20.1. The maximum atomic E-state index is 2.64. The Kier molecular flexibility index (Phi) is 7.09. The van der Waals surface area contributed by atoms with Crippen molar-refractivity contribution in [1.82, 2.24) is 4.90 Å². The average Bonchev–Trinajstić information content (AvgIpc) is 2.83. The van der Waals surface area contributed by atoms with Crippen LogP contribution in [0.25, 0.3) is 0 Å². The lowest BCUT2D eigenvalue weighted by Gasteiger charge is -2.33. The lowest BCUT2D eigenvalue weighted by atomic mass is 9.96. The van der Waals surface area contributed by atoms with Gasteiger partial charge in [-0.1, -0.05) is 121 Å². The van der Waals surface area contributed by atoms with Crippen LogP contribution in [0.1, 0.15) is 28.3 Å². The SMILES string of the molecule is c1ccc(CCN(CCc2ccccc2)C(c2ccccc2)c2ccccc2)cc1. The minimum atomic E-state index is 0.250. The van der Waals surface area contributed by atoms with E-state index in [2.05, 4.69) is 126 Å². The molecule has 0 saturated heterocycles. The van der Waals surface area contributed by atoms with Gasteiger partial charge in [-0.25, -0.2) is 0 Å². The third-order valence-electron chi connectivity index (χ3n) is 5.66. The summed E-state index contributed by atoms with van der Waals surface area (Å²) in [6, 6.07) is 43.7. The molecule has 150 valence electrons. The van der Waals surface area contributed by atoms with Crippen molar-refractivity contribution in [3.05, 3.63) is 144 Å². The van der Waals surface area contributed by atoms with Crippen LogP contribution in [0.2, 0.25) is 0 Å². The minimum Gasteiger partial charge on any atom is -0.292 e. The Bertz CT molecular complexity index is 898. The summed E-state index contributed by atoms with van der Waals surface area (Å²) in [5, 5.41) is 0. The molecule has 4 rings (SSSR count). The van der Waals surface area contributed by atoms with E-state index in [0.717, 1.165) is 25.9 Å². The smallest absolute Gasteiger partial charge is 0.0602 e. The molecule has 0 atom stereocenters. The molecule has 4 aromatic carbocycles. The molecular weight excluding hydrogens is 362 g/mol. The number of rotatable bonds is 9. The van der Waals surface area contributed by atoms with E-state index >= 15 is 0 Å². The Morgan fingerprint density at radius 3 is 1.13 bits per heavy atom. The van der Waals surface area contributed by atoms with E-state index in [9.17, 15) is 0 Å². The van der Waals surface area contributed by atoms with Gasteiger partial charge in [0.15, 0.2) is 0 Å². The molecule has 1 heteroatoms. The molecule has 0 heterocycles. The molecule has 0 unspecified atom stereocenters. The lowest BCUT2D eigenvalue weighted by molar-refractivity contribution is 0.230. The van der Waals surface area contributed by atoms with Crippen molar-refractivity contribution in [2.24, 2.45) is 0 Å². The van der Waals surface area contributed by atoms with Gasteiger partial charge in [0.2, 0.25) is 0 Å². The highest BCUT2D eigenvalue weighted by atomic mass is 15.2. The van der Waals surface area contributed by atoms with Crippen LogP contribution >= 0.6 is 0 Å². The molecule has 0 saturated carbocycles. The third kappa shape index (κ3) is 5.46. The Labute approximate surface area is 180 Å². The van der Waals surface area contributed by atoms with Crippen LogP contribution < -0.4 is 0 Å². The monoisotopic (exact) mass is 391 g/mol. The van der Waals surface area contributed by atoms with Crippen LogP contribution in [0, 0.1) is 0 Å². The Morgan fingerprint density at radius 1 is 0.433 bits per heavy atom. The van der Waals surface area contributed by atoms with Crippen molar-refractivity contribution >= 4 is 0 Å². The Morgan fingerprint density at radius 2 is 0.767 bits per heavy atom. The van der Waals surface area contributed by atoms with Gasteiger partial charge < -0.3 is 0 Å². The summed E-state index contributed by atoms with van der Waals surface area (Å²) in [5.74, 6) is 0. The van der Waals surface area contributed by atoms with Gasteiger partial charge in [0.25, 0.3) is 0 Å². The van der Waals surface area contributed by atoms with Gasteiger partial charge in [0.05, 0.1) is 6.04 Å². The predicted octanol–water partition coefficient (Wildman–Crippen LogP) is 6.56. The van der Waals surface area contributed by atoms with E-state index in [-0.39, 0.29) is 6.04 Å². The van der Waals surface area contributed by atoms with E-state index in [4.69, 9.17) is 0 Å². The topological polar surface area (TPSA) is 3.24 Å². The summed E-state index contributed by atoms with van der Waals surface area (Å²) in [7, 11) is 0. The molecule has 0 fully saturated rings. The maximum Gasteiger partial charge on any atom is 0.0602 e. The van der Waals surface area contributed by atoms with E-state index < -0.39 is 0 Å². The zero-order valence-corrected chi connectivity index (χ0v) is 17.4. The molecule has 0 aliphatic heterocycles. The zero-order chi connectivity index (χ0) is 20.4. The van der Waals surface area contributed by atoms with E-state index in [1.54, 1.807) is 0 Å². The Hall–Kier alpha value is -3.16. The predicted molar refractivity (Wildman–Crippen MR) is 127 cm³/mol. The van der Waals surface area contributed by atoms with Gasteiger partial charge in [-0.3, -0.25) is 4.90 Å². The van der Waals surface area contributed by atoms with Gasteiger partial charge in [-0.2, -0.15) is 0 Å². The summed E-state index contributed by atoms with van der Waals surface area (Å²) in [5.41, 5.74) is 5.49. The van der Waals surface area contributed by atoms with E-state index in [0.29, 0.717) is 0 Å². The third-order valence-corrected chi connectivity index (χ3v) is 5.66. The van der Waals surface area contributed by atoms with E-state index in [1.165, 1.54) is 22.3 Å². The first-order valence-electron chi connectivity index (χ1n) is 10.8. The normalized spacial score (nSPS) is 11.1. The van der Waals surface area contributed by atoms with Crippen molar-refractivity contribution in [3.63, 3.8) is 0 Å². The number of nitrogens with zero attached hydrogens (tertiary/aromatic N) is 1. The number of hydrogen-bond donors (Lipinski definition) is 0. The largest absolute Gasteiger partial charge is 0.292 e. The van der Waals surface area contributed by atoms with Crippen LogP contribution in [0.4, 0.5) is 0 Å². The van der Waals surface area contributed by atoms with Crippen molar-refractivity contribution < 1.29 is 0 Å². The molecule has 0 bridgehead atoms. The Balaban J connectivity index is 1.63. The van der Waals surface area contributed by atoms with Crippen molar-refractivity contribution in [3.8, 4) is 0 Å². The molecule has 1 nitrogen and oxygen atoms in total. The molecule has 30 heavy (non-hydrogen) atoms. The molecule has 0 aliphatic rings. The van der Waals surface area contributed by atoms with Gasteiger partial charge >= 0.3 is 0 Å². The molecular formula is C29H29N. The highest BCUT2D eigenvalue weighted by Gasteiger charge is 2.22. The van der Waals surface area contributed by atoms with Crippen molar-refractivity contribution in [1.29, 1.82) is 0 Å². The minimum absolute atomic E-state index is 0.250. The summed E-state index contributed by atoms with van der Waals surface area (Å²) < 4.78 is 0. The molecule has 0 aromatic heterocycles. The standard InChI is InChI=1S/C29H29N/c1-5-13-25(14-6-1)21-23-30(24-22-26-15-7-2-8-16-26)29(27-17-9-3-10-18-27)28-19-11-4-12-20-28/h1-20,29H,21-24H2. The zero-order valence-electron chi connectivity index (χ0n) is 17.4. The highest BCUT2D eigenvalue weighted by molar-refractivity contribution is 5.32. The van der Waals surface area contributed by atoms with Crippen LogP contribution in [-0.4, -0.2) is 18.0 Å². The molecule has 0 radical (unpaired) electrons. The van der Waals surface area contributed by atoms with Crippen molar-refractivity contribution in [2.45, 2.75) is 18.9 Å². The van der Waals surface area contributed by atoms with Crippen molar-refractivity contribution in [2.75, 3.05) is 13.1 Å². The van der Waals surface area contributed by atoms with Crippen LogP contribution in [-0.2, 0) is 12.8 Å². The number of benzene rings is 4. The lowest BCUT2D eigenvalue weighted by Crippen LogP contribution is -2.33. The second-order valence-electron chi connectivity index (χ2n) is 7.73. The first-order chi connectivity index (χ1) is 14.9. The molecule has 0 N–H and O–H groups in total. The fourth-order valence-electron chi connectivity index (χ4n) is 4.09. The summed E-state index contributed by atoms with van der Waals surface area (Å²) >= 11 is 0. The van der Waals surface area contributed by atoms with Gasteiger partial charge in [-0.05, 0) is 35.1 Å². The highest BCUT2D eigenvalue weighted by Crippen LogP contribution is 2.29. The first-order valence-corrected chi connectivity index (χ1v) is 10.8.